The third-order valence-corrected chi connectivity index (χ3v) is 2.15. The lowest BCUT2D eigenvalue weighted by Gasteiger charge is -1.98. The van der Waals surface area contributed by atoms with Crippen molar-refractivity contribution in [1.29, 1.82) is 0 Å². The fraction of sp³-hybridized carbons (Fsp3) is 0.364. The van der Waals surface area contributed by atoms with Crippen LogP contribution in [0, 0.1) is 0 Å². The van der Waals surface area contributed by atoms with Crippen molar-refractivity contribution in [3.05, 3.63) is 24.1 Å². The number of fused-ring (bicyclic) bond motifs is 1. The highest BCUT2D eigenvalue weighted by molar-refractivity contribution is 5.85. The Morgan fingerprint density at radius 3 is 3.00 bits per heavy atom. The molecule has 0 unspecified atom stereocenters. The van der Waals surface area contributed by atoms with E-state index in [1.807, 2.05) is 12.1 Å². The summed E-state index contributed by atoms with van der Waals surface area (Å²) in [5.74, 6) is 0.531. The molecule has 0 saturated heterocycles. The number of rotatable bonds is 5. The van der Waals surface area contributed by atoms with Crippen LogP contribution in [0.3, 0.4) is 0 Å². The lowest BCUT2D eigenvalue weighted by atomic mass is 10.3. The van der Waals surface area contributed by atoms with Gasteiger partial charge in [-0.3, -0.25) is 0 Å². The number of nitrogen functional groups attached to an aromatic ring is 1. The summed E-state index contributed by atoms with van der Waals surface area (Å²) < 4.78 is 15.6. The normalized spacial score (nSPS) is 11.1. The number of para-hydroxylation sites is 1. The molecule has 2 aromatic rings. The van der Waals surface area contributed by atoms with Crippen LogP contribution < -0.4 is 5.73 Å². The first kappa shape index (κ1) is 10.9. The monoisotopic (exact) mass is 222 g/mol. The minimum atomic E-state index is 0.331. The summed E-state index contributed by atoms with van der Waals surface area (Å²) in [7, 11) is 1.63. The van der Waals surface area contributed by atoms with Crippen molar-refractivity contribution in [1.82, 2.24) is 4.98 Å². The Morgan fingerprint density at radius 1 is 1.38 bits per heavy atom. The van der Waals surface area contributed by atoms with Crippen LogP contribution in [0.4, 0.5) is 5.69 Å². The zero-order chi connectivity index (χ0) is 11.4. The van der Waals surface area contributed by atoms with E-state index in [2.05, 4.69) is 4.98 Å². The van der Waals surface area contributed by atoms with Gasteiger partial charge in [0.1, 0.15) is 12.1 Å². The highest BCUT2D eigenvalue weighted by Gasteiger charge is 2.07. The predicted molar refractivity (Wildman–Crippen MR) is 60.0 cm³/mol. The van der Waals surface area contributed by atoms with E-state index >= 15 is 0 Å². The van der Waals surface area contributed by atoms with Crippen molar-refractivity contribution in [3.8, 4) is 0 Å². The van der Waals surface area contributed by atoms with Crippen LogP contribution in [-0.2, 0) is 16.1 Å². The molecule has 0 saturated carbocycles. The highest BCUT2D eigenvalue weighted by atomic mass is 16.5. The van der Waals surface area contributed by atoms with Crippen LogP contribution in [0.15, 0.2) is 22.6 Å². The van der Waals surface area contributed by atoms with Crippen LogP contribution in [0.2, 0.25) is 0 Å². The molecular formula is C11H14N2O3. The SMILES string of the molecule is COCCOCc1nc2c(N)cccc2o1. The molecule has 86 valence electrons. The summed E-state index contributed by atoms with van der Waals surface area (Å²) in [6.07, 6.45) is 0. The Balaban J connectivity index is 2.05. The van der Waals surface area contributed by atoms with E-state index in [-0.39, 0.29) is 0 Å². The molecule has 2 N–H and O–H groups in total. The van der Waals surface area contributed by atoms with Gasteiger partial charge in [0.15, 0.2) is 5.58 Å². The van der Waals surface area contributed by atoms with E-state index in [1.165, 1.54) is 0 Å². The number of nitrogens with two attached hydrogens (primary N) is 1. The van der Waals surface area contributed by atoms with Gasteiger partial charge in [-0.15, -0.1) is 0 Å². The molecule has 0 amide bonds. The molecule has 5 nitrogen and oxygen atoms in total. The third-order valence-electron chi connectivity index (χ3n) is 2.15. The van der Waals surface area contributed by atoms with Crippen molar-refractivity contribution in [2.45, 2.75) is 6.61 Å². The van der Waals surface area contributed by atoms with Gasteiger partial charge in [-0.05, 0) is 12.1 Å². The molecule has 2 rings (SSSR count). The summed E-state index contributed by atoms with van der Waals surface area (Å²) >= 11 is 0. The molecule has 0 bridgehead atoms. The standard InChI is InChI=1S/C11H14N2O3/c1-14-5-6-15-7-10-13-11-8(12)3-2-4-9(11)16-10/h2-4H,5-7,12H2,1H3. The second-order valence-corrected chi connectivity index (χ2v) is 3.35. The van der Waals surface area contributed by atoms with Crippen LogP contribution in [0.5, 0.6) is 0 Å². The van der Waals surface area contributed by atoms with Gasteiger partial charge in [0.25, 0.3) is 0 Å². The van der Waals surface area contributed by atoms with Crippen molar-refractivity contribution in [3.63, 3.8) is 0 Å². The molecule has 5 heteroatoms. The van der Waals surface area contributed by atoms with E-state index in [0.29, 0.717) is 42.5 Å². The fourth-order valence-corrected chi connectivity index (χ4v) is 1.38. The Labute approximate surface area is 93.2 Å². The zero-order valence-electron chi connectivity index (χ0n) is 9.10. The Morgan fingerprint density at radius 2 is 2.25 bits per heavy atom. The molecule has 1 aromatic heterocycles. The molecule has 0 aliphatic rings. The number of benzene rings is 1. The van der Waals surface area contributed by atoms with Gasteiger partial charge < -0.3 is 19.6 Å². The number of hydrogen-bond acceptors (Lipinski definition) is 5. The molecule has 0 radical (unpaired) electrons. The van der Waals surface area contributed by atoms with E-state index < -0.39 is 0 Å². The minimum Gasteiger partial charge on any atom is -0.438 e. The van der Waals surface area contributed by atoms with Gasteiger partial charge in [-0.25, -0.2) is 4.98 Å². The summed E-state index contributed by atoms with van der Waals surface area (Å²) in [5, 5.41) is 0. The maximum atomic E-state index is 5.76. The highest BCUT2D eigenvalue weighted by Crippen LogP contribution is 2.21. The summed E-state index contributed by atoms with van der Waals surface area (Å²) in [6.45, 7) is 1.41. The van der Waals surface area contributed by atoms with Gasteiger partial charge in [0.2, 0.25) is 5.89 Å². The maximum Gasteiger partial charge on any atom is 0.221 e. The first-order chi connectivity index (χ1) is 7.81. The van der Waals surface area contributed by atoms with Gasteiger partial charge in [0, 0.05) is 7.11 Å². The topological polar surface area (TPSA) is 70.5 Å². The second-order valence-electron chi connectivity index (χ2n) is 3.35. The van der Waals surface area contributed by atoms with E-state index in [9.17, 15) is 0 Å². The zero-order valence-corrected chi connectivity index (χ0v) is 9.10. The van der Waals surface area contributed by atoms with Crippen LogP contribution in [-0.4, -0.2) is 25.3 Å². The number of ether oxygens (including phenoxy) is 2. The maximum absolute atomic E-state index is 5.76. The molecule has 0 aliphatic carbocycles. The van der Waals surface area contributed by atoms with Gasteiger partial charge >= 0.3 is 0 Å². The number of anilines is 1. The number of aromatic nitrogens is 1. The average molecular weight is 222 g/mol. The third kappa shape index (κ3) is 2.32. The fourth-order valence-electron chi connectivity index (χ4n) is 1.38. The van der Waals surface area contributed by atoms with E-state index in [4.69, 9.17) is 19.6 Å². The van der Waals surface area contributed by atoms with Gasteiger partial charge in [-0.1, -0.05) is 6.07 Å². The number of oxazole rings is 1. The van der Waals surface area contributed by atoms with Crippen molar-refractivity contribution in [2.75, 3.05) is 26.1 Å². The summed E-state index contributed by atoms with van der Waals surface area (Å²) in [4.78, 5) is 4.25. The molecule has 0 atom stereocenters. The number of nitrogens with zero attached hydrogens (tertiary/aromatic N) is 1. The Hall–Kier alpha value is -1.59. The molecule has 1 aromatic carbocycles. The van der Waals surface area contributed by atoms with Crippen LogP contribution in [0.25, 0.3) is 11.1 Å². The Kier molecular flexibility index (Phi) is 3.38. The van der Waals surface area contributed by atoms with Crippen molar-refractivity contribution < 1.29 is 13.9 Å². The Bertz CT molecular complexity index is 467. The van der Waals surface area contributed by atoms with Crippen molar-refractivity contribution >= 4 is 16.8 Å². The lowest BCUT2D eigenvalue weighted by Crippen LogP contribution is -2.01. The molecule has 0 aliphatic heterocycles. The number of hydrogen-bond donors (Lipinski definition) is 1. The molecule has 1 heterocycles. The van der Waals surface area contributed by atoms with E-state index in [1.54, 1.807) is 13.2 Å². The van der Waals surface area contributed by atoms with Gasteiger partial charge in [0.05, 0.1) is 18.9 Å². The molecular weight excluding hydrogens is 208 g/mol. The summed E-state index contributed by atoms with van der Waals surface area (Å²) in [6, 6.07) is 5.45. The largest absolute Gasteiger partial charge is 0.438 e. The first-order valence-electron chi connectivity index (χ1n) is 5.02. The smallest absolute Gasteiger partial charge is 0.221 e. The molecule has 0 spiro atoms. The molecule has 16 heavy (non-hydrogen) atoms. The second kappa shape index (κ2) is 4.96. The number of methoxy groups -OCH3 is 1. The average Bonchev–Trinajstić information content (AvgIpc) is 2.69. The van der Waals surface area contributed by atoms with Crippen LogP contribution in [0.1, 0.15) is 5.89 Å². The molecule has 0 fully saturated rings. The predicted octanol–water partition coefficient (Wildman–Crippen LogP) is 1.57. The van der Waals surface area contributed by atoms with Gasteiger partial charge in [-0.2, -0.15) is 0 Å². The van der Waals surface area contributed by atoms with Crippen molar-refractivity contribution in [2.24, 2.45) is 0 Å². The lowest BCUT2D eigenvalue weighted by molar-refractivity contribution is 0.0524. The van der Waals surface area contributed by atoms with E-state index in [0.717, 1.165) is 0 Å². The quantitative estimate of drug-likeness (QED) is 0.614. The minimum absolute atomic E-state index is 0.331. The van der Waals surface area contributed by atoms with Crippen LogP contribution >= 0.6 is 0 Å². The summed E-state index contributed by atoms with van der Waals surface area (Å²) in [5.41, 5.74) is 7.75. The first-order valence-corrected chi connectivity index (χ1v) is 5.02.